The van der Waals surface area contributed by atoms with Crippen molar-refractivity contribution in [2.75, 3.05) is 25.0 Å². The van der Waals surface area contributed by atoms with Gasteiger partial charge in [-0.25, -0.2) is 0 Å². The minimum absolute atomic E-state index is 0.507. The average molecular weight is 256 g/mol. The van der Waals surface area contributed by atoms with Crippen molar-refractivity contribution in [1.29, 1.82) is 0 Å². The first-order chi connectivity index (χ1) is 9.22. The molecule has 0 spiro atoms. The van der Waals surface area contributed by atoms with Crippen molar-refractivity contribution >= 4 is 5.69 Å². The standard InChI is InChI=1S/C17H24N2/c1-4-15-7-6-8-17(13-15)18-14(3)16-9-11-19(5-2)12-10-16/h1,6-8,13-14,16,18H,5,9-12H2,2-3H3. The molecule has 1 aliphatic rings. The third kappa shape index (κ3) is 3.75. The first-order valence-corrected chi connectivity index (χ1v) is 7.28. The lowest BCUT2D eigenvalue weighted by Crippen LogP contribution is -2.39. The van der Waals surface area contributed by atoms with E-state index in [1.54, 1.807) is 0 Å². The second kappa shape index (κ2) is 6.63. The largest absolute Gasteiger partial charge is 0.382 e. The number of rotatable bonds is 4. The van der Waals surface area contributed by atoms with E-state index in [9.17, 15) is 0 Å². The molecule has 2 nitrogen and oxygen atoms in total. The molecule has 1 aliphatic heterocycles. The predicted octanol–water partition coefficient (Wildman–Crippen LogP) is 3.20. The maximum atomic E-state index is 5.44. The summed E-state index contributed by atoms with van der Waals surface area (Å²) in [5.74, 6) is 3.45. The Morgan fingerprint density at radius 2 is 2.16 bits per heavy atom. The van der Waals surface area contributed by atoms with Crippen LogP contribution in [-0.4, -0.2) is 30.6 Å². The number of hydrogen-bond acceptors (Lipinski definition) is 2. The van der Waals surface area contributed by atoms with Crippen LogP contribution in [0.1, 0.15) is 32.3 Å². The van der Waals surface area contributed by atoms with Gasteiger partial charge < -0.3 is 10.2 Å². The molecule has 0 radical (unpaired) electrons. The fourth-order valence-corrected chi connectivity index (χ4v) is 2.85. The van der Waals surface area contributed by atoms with Crippen molar-refractivity contribution in [2.24, 2.45) is 5.92 Å². The average Bonchev–Trinajstić information content (AvgIpc) is 2.47. The highest BCUT2D eigenvalue weighted by Gasteiger charge is 2.22. The Labute approximate surface area is 117 Å². The SMILES string of the molecule is C#Cc1cccc(NC(C)C2CCN(CC)CC2)c1. The van der Waals surface area contributed by atoms with E-state index in [1.165, 1.54) is 32.5 Å². The summed E-state index contributed by atoms with van der Waals surface area (Å²) in [7, 11) is 0. The van der Waals surface area contributed by atoms with Gasteiger partial charge in [0.05, 0.1) is 0 Å². The summed E-state index contributed by atoms with van der Waals surface area (Å²) in [6, 6.07) is 8.64. The molecule has 1 atom stereocenters. The van der Waals surface area contributed by atoms with E-state index in [1.807, 2.05) is 12.1 Å². The van der Waals surface area contributed by atoms with Crippen LogP contribution >= 0.6 is 0 Å². The maximum Gasteiger partial charge on any atom is 0.0354 e. The Kier molecular flexibility index (Phi) is 4.87. The zero-order valence-corrected chi connectivity index (χ0v) is 12.0. The Balaban J connectivity index is 1.90. The Hall–Kier alpha value is -1.46. The third-order valence-electron chi connectivity index (χ3n) is 4.21. The minimum Gasteiger partial charge on any atom is -0.382 e. The van der Waals surface area contributed by atoms with Crippen LogP contribution in [0.2, 0.25) is 0 Å². The van der Waals surface area contributed by atoms with E-state index in [0.29, 0.717) is 6.04 Å². The van der Waals surface area contributed by atoms with Crippen molar-refractivity contribution in [3.05, 3.63) is 29.8 Å². The molecule has 0 saturated carbocycles. The van der Waals surface area contributed by atoms with Crippen LogP contribution in [0, 0.1) is 18.3 Å². The second-order valence-corrected chi connectivity index (χ2v) is 5.43. The van der Waals surface area contributed by atoms with E-state index in [4.69, 9.17) is 6.42 Å². The van der Waals surface area contributed by atoms with Crippen LogP contribution in [0.4, 0.5) is 5.69 Å². The molecule has 0 bridgehead atoms. The second-order valence-electron chi connectivity index (χ2n) is 5.43. The zero-order chi connectivity index (χ0) is 13.7. The lowest BCUT2D eigenvalue weighted by molar-refractivity contribution is 0.183. The number of likely N-dealkylation sites (tertiary alicyclic amines) is 1. The molecule has 2 rings (SSSR count). The maximum absolute atomic E-state index is 5.44. The highest BCUT2D eigenvalue weighted by Crippen LogP contribution is 2.23. The molecule has 1 aromatic carbocycles. The molecular weight excluding hydrogens is 232 g/mol. The van der Waals surface area contributed by atoms with Crippen molar-refractivity contribution in [2.45, 2.75) is 32.7 Å². The third-order valence-corrected chi connectivity index (χ3v) is 4.21. The van der Waals surface area contributed by atoms with Crippen LogP contribution in [0.15, 0.2) is 24.3 Å². The Morgan fingerprint density at radius 3 is 2.79 bits per heavy atom. The zero-order valence-electron chi connectivity index (χ0n) is 12.0. The van der Waals surface area contributed by atoms with Gasteiger partial charge in [0, 0.05) is 17.3 Å². The van der Waals surface area contributed by atoms with Gasteiger partial charge in [-0.15, -0.1) is 6.42 Å². The van der Waals surface area contributed by atoms with Gasteiger partial charge in [0.2, 0.25) is 0 Å². The predicted molar refractivity (Wildman–Crippen MR) is 82.3 cm³/mol. The van der Waals surface area contributed by atoms with Crippen LogP contribution < -0.4 is 5.32 Å². The molecule has 1 unspecified atom stereocenters. The lowest BCUT2D eigenvalue weighted by atomic mass is 9.90. The highest BCUT2D eigenvalue weighted by atomic mass is 15.1. The summed E-state index contributed by atoms with van der Waals surface area (Å²) < 4.78 is 0. The summed E-state index contributed by atoms with van der Waals surface area (Å²) in [4.78, 5) is 2.53. The summed E-state index contributed by atoms with van der Waals surface area (Å²) in [5.41, 5.74) is 2.08. The Morgan fingerprint density at radius 1 is 1.42 bits per heavy atom. The normalized spacial score (nSPS) is 18.8. The van der Waals surface area contributed by atoms with E-state index >= 15 is 0 Å². The van der Waals surface area contributed by atoms with Crippen molar-refractivity contribution in [3.8, 4) is 12.3 Å². The van der Waals surface area contributed by atoms with Crippen LogP contribution in [-0.2, 0) is 0 Å². The molecule has 1 aromatic rings. The molecule has 102 valence electrons. The van der Waals surface area contributed by atoms with Gasteiger partial charge >= 0.3 is 0 Å². The minimum atomic E-state index is 0.507. The monoisotopic (exact) mass is 256 g/mol. The van der Waals surface area contributed by atoms with E-state index in [-0.39, 0.29) is 0 Å². The number of nitrogens with one attached hydrogen (secondary N) is 1. The molecule has 1 heterocycles. The molecule has 1 fully saturated rings. The van der Waals surface area contributed by atoms with Gasteiger partial charge in [0.15, 0.2) is 0 Å². The van der Waals surface area contributed by atoms with Gasteiger partial charge in [-0.05, 0) is 63.5 Å². The van der Waals surface area contributed by atoms with Crippen molar-refractivity contribution in [3.63, 3.8) is 0 Å². The lowest BCUT2D eigenvalue weighted by Gasteiger charge is -2.34. The molecule has 2 heteroatoms. The molecule has 0 aliphatic carbocycles. The number of hydrogen-bond donors (Lipinski definition) is 1. The molecule has 1 N–H and O–H groups in total. The van der Waals surface area contributed by atoms with Crippen LogP contribution in [0.5, 0.6) is 0 Å². The number of benzene rings is 1. The first kappa shape index (κ1) is 14.0. The number of terminal acetylenes is 1. The highest BCUT2D eigenvalue weighted by molar-refractivity contribution is 5.50. The fourth-order valence-electron chi connectivity index (χ4n) is 2.85. The van der Waals surface area contributed by atoms with E-state index in [0.717, 1.165) is 17.2 Å². The number of nitrogens with zero attached hydrogens (tertiary/aromatic N) is 1. The van der Waals surface area contributed by atoms with Gasteiger partial charge in [0.25, 0.3) is 0 Å². The molecule has 1 saturated heterocycles. The molecular formula is C17H24N2. The van der Waals surface area contributed by atoms with Gasteiger partial charge in [0.1, 0.15) is 0 Å². The number of anilines is 1. The van der Waals surface area contributed by atoms with Crippen molar-refractivity contribution < 1.29 is 0 Å². The summed E-state index contributed by atoms with van der Waals surface area (Å²) in [6.07, 6.45) is 8.02. The van der Waals surface area contributed by atoms with Gasteiger partial charge in [-0.2, -0.15) is 0 Å². The van der Waals surface area contributed by atoms with Crippen molar-refractivity contribution in [1.82, 2.24) is 4.90 Å². The summed E-state index contributed by atoms with van der Waals surface area (Å²) in [5, 5.41) is 3.61. The number of piperidine rings is 1. The Bertz CT molecular complexity index is 439. The summed E-state index contributed by atoms with van der Waals surface area (Å²) >= 11 is 0. The fraction of sp³-hybridized carbons (Fsp3) is 0.529. The molecule has 0 amide bonds. The molecule has 0 aromatic heterocycles. The van der Waals surface area contributed by atoms with E-state index in [2.05, 4.69) is 42.1 Å². The smallest absolute Gasteiger partial charge is 0.0354 e. The van der Waals surface area contributed by atoms with Crippen LogP contribution in [0.3, 0.4) is 0 Å². The van der Waals surface area contributed by atoms with Gasteiger partial charge in [-0.3, -0.25) is 0 Å². The topological polar surface area (TPSA) is 15.3 Å². The van der Waals surface area contributed by atoms with Crippen LogP contribution in [0.25, 0.3) is 0 Å². The first-order valence-electron chi connectivity index (χ1n) is 7.28. The quantitative estimate of drug-likeness (QED) is 0.832. The van der Waals surface area contributed by atoms with E-state index < -0.39 is 0 Å². The molecule has 19 heavy (non-hydrogen) atoms. The van der Waals surface area contributed by atoms with Gasteiger partial charge in [-0.1, -0.05) is 18.9 Å². The summed E-state index contributed by atoms with van der Waals surface area (Å²) in [6.45, 7) is 8.18.